The molecule has 1 aliphatic heterocycles. The number of aliphatic hydroxyl groups excluding tert-OH is 1. The summed E-state index contributed by atoms with van der Waals surface area (Å²) < 4.78 is 11.5. The van der Waals surface area contributed by atoms with Crippen LogP contribution in [-0.2, 0) is 6.54 Å². The van der Waals surface area contributed by atoms with Crippen LogP contribution in [0.15, 0.2) is 36.4 Å². The van der Waals surface area contributed by atoms with E-state index in [1.807, 2.05) is 38.1 Å². The quantitative estimate of drug-likeness (QED) is 0.859. The van der Waals surface area contributed by atoms with Crippen LogP contribution in [0.1, 0.15) is 29.8 Å². The first kappa shape index (κ1) is 19.2. The van der Waals surface area contributed by atoms with E-state index in [-0.39, 0.29) is 6.10 Å². The minimum atomic E-state index is -0.418. The summed E-state index contributed by atoms with van der Waals surface area (Å²) in [4.78, 5) is 6.98. The third kappa shape index (κ3) is 4.15. The van der Waals surface area contributed by atoms with E-state index in [2.05, 4.69) is 22.0 Å². The topological polar surface area (TPSA) is 54.8 Å². The first-order chi connectivity index (χ1) is 13.5. The van der Waals surface area contributed by atoms with E-state index < -0.39 is 6.10 Å². The van der Waals surface area contributed by atoms with Crippen molar-refractivity contribution in [2.75, 3.05) is 20.2 Å². The van der Waals surface area contributed by atoms with Crippen LogP contribution in [-0.4, -0.2) is 47.4 Å². The van der Waals surface area contributed by atoms with Crippen LogP contribution in [0.25, 0.3) is 0 Å². The monoisotopic (exact) mass is 382 g/mol. The second-order valence-corrected chi connectivity index (χ2v) is 8.30. The van der Waals surface area contributed by atoms with E-state index >= 15 is 0 Å². The van der Waals surface area contributed by atoms with Gasteiger partial charge >= 0.3 is 0 Å². The standard InChI is InChI=1S/C23H30N2O3/c1-15-7-8-22(16(2)24-15)28-23-11-19-14-25(13-18(19)10-21(23)26)12-17-5-4-6-20(9-17)27-3/h4-9,18-19,21,23,26H,10-14H2,1-3H3/t18-,19+,21+,23+/m0/s1. The minimum absolute atomic E-state index is 0.152. The van der Waals surface area contributed by atoms with Crippen LogP contribution in [0.2, 0.25) is 0 Å². The Labute approximate surface area is 167 Å². The van der Waals surface area contributed by atoms with Crippen molar-refractivity contribution in [3.8, 4) is 11.5 Å². The highest BCUT2D eigenvalue weighted by Crippen LogP contribution is 2.38. The lowest BCUT2D eigenvalue weighted by Gasteiger charge is -2.35. The maximum absolute atomic E-state index is 10.7. The van der Waals surface area contributed by atoms with E-state index in [0.29, 0.717) is 11.8 Å². The van der Waals surface area contributed by atoms with Crippen molar-refractivity contribution in [2.24, 2.45) is 11.8 Å². The molecule has 2 heterocycles. The first-order valence-corrected chi connectivity index (χ1v) is 10.2. The minimum Gasteiger partial charge on any atom is -0.497 e. The number of ether oxygens (including phenoxy) is 2. The molecule has 5 nitrogen and oxygen atoms in total. The average molecular weight is 383 g/mol. The molecule has 5 heteroatoms. The molecule has 1 N–H and O–H groups in total. The van der Waals surface area contributed by atoms with Gasteiger partial charge in [-0.1, -0.05) is 12.1 Å². The number of fused-ring (bicyclic) bond motifs is 1. The smallest absolute Gasteiger partial charge is 0.141 e. The summed E-state index contributed by atoms with van der Waals surface area (Å²) in [6.45, 7) is 6.96. The maximum atomic E-state index is 10.7. The number of rotatable bonds is 5. The molecule has 1 aromatic carbocycles. The molecule has 4 atom stereocenters. The number of hydrogen-bond donors (Lipinski definition) is 1. The molecule has 0 spiro atoms. The summed E-state index contributed by atoms with van der Waals surface area (Å²) in [7, 11) is 1.70. The largest absolute Gasteiger partial charge is 0.497 e. The fourth-order valence-corrected chi connectivity index (χ4v) is 4.73. The van der Waals surface area contributed by atoms with Gasteiger partial charge in [0.05, 0.1) is 18.9 Å². The zero-order valence-electron chi connectivity index (χ0n) is 17.0. The number of methoxy groups -OCH3 is 1. The SMILES string of the molecule is COc1cccc(CN2C[C@H]3C[C@@H](Oc4ccc(C)nc4C)[C@H](O)C[C@H]3C2)c1. The second kappa shape index (κ2) is 8.10. The Bertz CT molecular complexity index is 825. The molecular formula is C23H30N2O3. The van der Waals surface area contributed by atoms with Gasteiger partial charge in [-0.15, -0.1) is 0 Å². The third-order valence-corrected chi connectivity index (χ3v) is 6.16. The van der Waals surface area contributed by atoms with Crippen LogP contribution in [0.4, 0.5) is 0 Å². The van der Waals surface area contributed by atoms with Gasteiger partial charge in [-0.2, -0.15) is 0 Å². The molecule has 0 unspecified atom stereocenters. The number of hydrogen-bond acceptors (Lipinski definition) is 5. The molecule has 150 valence electrons. The number of benzene rings is 1. The van der Waals surface area contributed by atoms with Gasteiger partial charge in [0.1, 0.15) is 17.6 Å². The molecule has 1 aliphatic carbocycles. The normalized spacial score (nSPS) is 27.4. The molecule has 2 fully saturated rings. The van der Waals surface area contributed by atoms with Gasteiger partial charge < -0.3 is 14.6 Å². The predicted molar refractivity (Wildman–Crippen MR) is 109 cm³/mol. The van der Waals surface area contributed by atoms with Crippen molar-refractivity contribution >= 4 is 0 Å². The summed E-state index contributed by atoms with van der Waals surface area (Å²) in [5, 5.41) is 10.7. The van der Waals surface area contributed by atoms with Gasteiger partial charge in [0, 0.05) is 25.3 Å². The van der Waals surface area contributed by atoms with Gasteiger partial charge in [0.25, 0.3) is 0 Å². The van der Waals surface area contributed by atoms with E-state index in [4.69, 9.17) is 9.47 Å². The fourth-order valence-electron chi connectivity index (χ4n) is 4.73. The number of likely N-dealkylation sites (tertiary alicyclic amines) is 1. The van der Waals surface area contributed by atoms with E-state index in [0.717, 1.165) is 55.4 Å². The second-order valence-electron chi connectivity index (χ2n) is 8.30. The summed E-state index contributed by atoms with van der Waals surface area (Å²) in [6.07, 6.45) is 1.13. The van der Waals surface area contributed by atoms with Crippen LogP contribution in [0.3, 0.4) is 0 Å². The number of pyridine rings is 1. The Morgan fingerprint density at radius 2 is 1.89 bits per heavy atom. The van der Waals surface area contributed by atoms with Crippen LogP contribution >= 0.6 is 0 Å². The predicted octanol–water partition coefficient (Wildman–Crippen LogP) is 3.36. The third-order valence-electron chi connectivity index (χ3n) is 6.16. The number of aliphatic hydroxyl groups is 1. The maximum Gasteiger partial charge on any atom is 0.141 e. The van der Waals surface area contributed by atoms with Gasteiger partial charge in [-0.3, -0.25) is 9.88 Å². The zero-order chi connectivity index (χ0) is 19.7. The fraction of sp³-hybridized carbons (Fsp3) is 0.522. The van der Waals surface area contributed by atoms with Crippen LogP contribution in [0, 0.1) is 25.7 Å². The van der Waals surface area contributed by atoms with Gasteiger partial charge in [0.2, 0.25) is 0 Å². The Hall–Kier alpha value is -2.11. The van der Waals surface area contributed by atoms with E-state index in [9.17, 15) is 5.11 Å². The van der Waals surface area contributed by atoms with Crippen molar-refractivity contribution in [1.29, 1.82) is 0 Å². The molecule has 1 saturated heterocycles. The highest BCUT2D eigenvalue weighted by atomic mass is 16.5. The van der Waals surface area contributed by atoms with Crippen LogP contribution in [0.5, 0.6) is 11.5 Å². The van der Waals surface area contributed by atoms with E-state index in [1.165, 1.54) is 5.56 Å². The highest BCUT2D eigenvalue weighted by Gasteiger charge is 2.42. The van der Waals surface area contributed by atoms with Crippen molar-refractivity contribution < 1.29 is 14.6 Å². The van der Waals surface area contributed by atoms with Crippen molar-refractivity contribution in [1.82, 2.24) is 9.88 Å². The van der Waals surface area contributed by atoms with Gasteiger partial charge in [-0.25, -0.2) is 0 Å². The van der Waals surface area contributed by atoms with Crippen molar-refractivity contribution in [3.63, 3.8) is 0 Å². The summed E-state index contributed by atoms with van der Waals surface area (Å²) in [6, 6.07) is 12.2. The van der Waals surface area contributed by atoms with E-state index in [1.54, 1.807) is 7.11 Å². The molecular weight excluding hydrogens is 352 g/mol. The molecule has 0 bridgehead atoms. The Balaban J connectivity index is 1.39. The molecule has 4 rings (SSSR count). The lowest BCUT2D eigenvalue weighted by molar-refractivity contribution is -0.0236. The number of nitrogens with zero attached hydrogens (tertiary/aromatic N) is 2. The summed E-state index contributed by atoms with van der Waals surface area (Å²) in [5.74, 6) is 2.80. The number of aromatic nitrogens is 1. The number of aryl methyl sites for hydroxylation is 2. The summed E-state index contributed by atoms with van der Waals surface area (Å²) in [5.41, 5.74) is 3.14. The zero-order valence-corrected chi connectivity index (χ0v) is 17.0. The molecule has 28 heavy (non-hydrogen) atoms. The van der Waals surface area contributed by atoms with Gasteiger partial charge in [-0.05, 0) is 68.4 Å². The average Bonchev–Trinajstić information content (AvgIpc) is 3.05. The van der Waals surface area contributed by atoms with Crippen molar-refractivity contribution in [3.05, 3.63) is 53.3 Å². The lowest BCUT2D eigenvalue weighted by atomic mass is 9.78. The summed E-state index contributed by atoms with van der Waals surface area (Å²) >= 11 is 0. The highest BCUT2D eigenvalue weighted by molar-refractivity contribution is 5.29. The van der Waals surface area contributed by atoms with Crippen molar-refractivity contribution in [2.45, 2.75) is 45.4 Å². The molecule has 1 saturated carbocycles. The molecule has 0 radical (unpaired) electrons. The molecule has 1 aromatic heterocycles. The first-order valence-electron chi connectivity index (χ1n) is 10.2. The molecule has 0 amide bonds. The molecule has 2 aliphatic rings. The lowest BCUT2D eigenvalue weighted by Crippen LogP contribution is -2.42. The van der Waals surface area contributed by atoms with Crippen LogP contribution < -0.4 is 9.47 Å². The van der Waals surface area contributed by atoms with Gasteiger partial charge in [0.15, 0.2) is 0 Å². The Morgan fingerprint density at radius 3 is 2.64 bits per heavy atom. The Morgan fingerprint density at radius 1 is 1.11 bits per heavy atom. The Kier molecular flexibility index (Phi) is 5.56. The molecule has 2 aromatic rings.